The van der Waals surface area contributed by atoms with E-state index < -0.39 is 0 Å². The van der Waals surface area contributed by atoms with Crippen molar-refractivity contribution in [2.75, 3.05) is 26.0 Å². The second-order valence-electron chi connectivity index (χ2n) is 7.63. The molecule has 2 aromatic heterocycles. The Labute approximate surface area is 181 Å². The number of hydrogen-bond donors (Lipinski definition) is 2. The number of amides is 1. The summed E-state index contributed by atoms with van der Waals surface area (Å²) in [7, 11) is 1.59. The number of nitrogens with one attached hydrogen (secondary N) is 1. The Bertz CT molecular complexity index is 1230. The van der Waals surface area contributed by atoms with Gasteiger partial charge in [0.1, 0.15) is 16.9 Å². The number of carbonyl (C=O) groups excluding carboxylic acids is 1. The fraction of sp³-hybridized carbons (Fsp3) is 0.292. The highest BCUT2D eigenvalue weighted by Gasteiger charge is 2.24. The van der Waals surface area contributed by atoms with Crippen molar-refractivity contribution in [1.82, 2.24) is 19.9 Å². The molecule has 0 aliphatic heterocycles. The molecule has 0 aliphatic carbocycles. The van der Waals surface area contributed by atoms with E-state index in [-0.39, 0.29) is 5.91 Å². The fourth-order valence-corrected chi connectivity index (χ4v) is 3.69. The predicted molar refractivity (Wildman–Crippen MR) is 124 cm³/mol. The molecule has 4 rings (SSSR count). The summed E-state index contributed by atoms with van der Waals surface area (Å²) in [6.45, 7) is 5.17. The van der Waals surface area contributed by atoms with Gasteiger partial charge >= 0.3 is 0 Å². The van der Waals surface area contributed by atoms with E-state index in [4.69, 9.17) is 20.4 Å². The van der Waals surface area contributed by atoms with E-state index in [1.165, 1.54) is 5.56 Å². The number of aromatic nitrogens is 3. The van der Waals surface area contributed by atoms with Gasteiger partial charge < -0.3 is 15.8 Å². The number of benzene rings is 2. The first-order chi connectivity index (χ1) is 15.0. The summed E-state index contributed by atoms with van der Waals surface area (Å²) in [6.07, 6.45) is 1.07. The lowest BCUT2D eigenvalue weighted by Crippen LogP contribution is -2.27. The highest BCUT2D eigenvalue weighted by molar-refractivity contribution is 6.11. The molecule has 31 heavy (non-hydrogen) atoms. The summed E-state index contributed by atoms with van der Waals surface area (Å²) < 4.78 is 6.84. The molecule has 0 radical (unpaired) electrons. The van der Waals surface area contributed by atoms with Crippen molar-refractivity contribution in [3.05, 3.63) is 59.7 Å². The minimum Gasteiger partial charge on any atom is -0.384 e. The van der Waals surface area contributed by atoms with Gasteiger partial charge in [-0.3, -0.25) is 9.36 Å². The van der Waals surface area contributed by atoms with Gasteiger partial charge in [-0.15, -0.1) is 0 Å². The van der Waals surface area contributed by atoms with Gasteiger partial charge in [0, 0.05) is 19.3 Å². The number of anilines is 1. The Morgan fingerprint density at radius 2 is 1.81 bits per heavy atom. The van der Waals surface area contributed by atoms with Crippen LogP contribution >= 0.6 is 0 Å². The summed E-state index contributed by atoms with van der Waals surface area (Å²) in [6, 6.07) is 15.8. The van der Waals surface area contributed by atoms with Crippen molar-refractivity contribution in [1.29, 1.82) is 0 Å². The van der Waals surface area contributed by atoms with Crippen LogP contribution in [0.15, 0.2) is 48.5 Å². The lowest BCUT2D eigenvalue weighted by Gasteiger charge is -2.12. The van der Waals surface area contributed by atoms with Crippen LogP contribution in [0.2, 0.25) is 0 Å². The van der Waals surface area contributed by atoms with E-state index in [1.807, 2.05) is 36.4 Å². The first-order valence-electron chi connectivity index (χ1n) is 10.5. The quantitative estimate of drug-likeness (QED) is 0.443. The number of fused-ring (bicyclic) bond motifs is 2. The van der Waals surface area contributed by atoms with Crippen molar-refractivity contribution < 1.29 is 9.53 Å². The maximum atomic E-state index is 13.0. The summed E-state index contributed by atoms with van der Waals surface area (Å²) in [5.41, 5.74) is 11.5. The molecule has 1 unspecified atom stereocenters. The monoisotopic (exact) mass is 417 g/mol. The zero-order valence-corrected chi connectivity index (χ0v) is 18.1. The van der Waals surface area contributed by atoms with Crippen molar-refractivity contribution in [3.8, 4) is 5.69 Å². The van der Waals surface area contributed by atoms with E-state index in [2.05, 4.69) is 31.3 Å². The number of para-hydroxylation sites is 2. The van der Waals surface area contributed by atoms with Gasteiger partial charge in [0.25, 0.3) is 5.91 Å². The van der Waals surface area contributed by atoms with Crippen LogP contribution < -0.4 is 11.1 Å². The fourth-order valence-electron chi connectivity index (χ4n) is 3.69. The standard InChI is InChI=1S/C24H27N5O2/c1-4-15(2)16-9-11-17(12-10-16)29-22(25)20(24(30)26-13-14-31-3)21-23(29)28-19-8-6-5-7-18(19)27-21/h5-12,15H,4,13-14,25H2,1-3H3,(H,26,30). The molecule has 1 atom stereocenters. The minimum atomic E-state index is -0.292. The molecule has 7 nitrogen and oxygen atoms in total. The molecule has 0 aliphatic rings. The topological polar surface area (TPSA) is 95.1 Å². The third-order valence-electron chi connectivity index (χ3n) is 5.65. The van der Waals surface area contributed by atoms with Crippen LogP contribution in [0.1, 0.15) is 42.1 Å². The van der Waals surface area contributed by atoms with Gasteiger partial charge in [0.2, 0.25) is 0 Å². The molecule has 2 heterocycles. The molecular weight excluding hydrogens is 390 g/mol. The van der Waals surface area contributed by atoms with E-state index in [0.717, 1.165) is 17.6 Å². The van der Waals surface area contributed by atoms with Crippen LogP contribution in [0.5, 0.6) is 0 Å². The Morgan fingerprint density at radius 3 is 2.45 bits per heavy atom. The zero-order valence-electron chi connectivity index (χ0n) is 18.1. The van der Waals surface area contributed by atoms with Gasteiger partial charge in [0.15, 0.2) is 5.65 Å². The SMILES string of the molecule is CCC(C)c1ccc(-n2c(N)c(C(=O)NCCOC)c3nc4ccccc4nc32)cc1. The number of ether oxygens (including phenoxy) is 1. The molecule has 3 N–H and O–H groups in total. The molecule has 0 bridgehead atoms. The van der Waals surface area contributed by atoms with Gasteiger partial charge in [-0.1, -0.05) is 38.1 Å². The molecule has 0 fully saturated rings. The minimum absolute atomic E-state index is 0.292. The van der Waals surface area contributed by atoms with Crippen LogP contribution in [-0.2, 0) is 4.74 Å². The highest BCUT2D eigenvalue weighted by atomic mass is 16.5. The third-order valence-corrected chi connectivity index (χ3v) is 5.65. The average Bonchev–Trinajstić information content (AvgIpc) is 3.07. The van der Waals surface area contributed by atoms with Crippen molar-refractivity contribution in [3.63, 3.8) is 0 Å². The Morgan fingerprint density at radius 1 is 1.13 bits per heavy atom. The number of carbonyl (C=O) groups is 1. The van der Waals surface area contributed by atoms with E-state index in [1.54, 1.807) is 11.7 Å². The maximum Gasteiger partial charge on any atom is 0.257 e. The summed E-state index contributed by atoms with van der Waals surface area (Å²) in [5, 5.41) is 2.85. The molecule has 2 aromatic carbocycles. The molecule has 0 saturated heterocycles. The number of methoxy groups -OCH3 is 1. The van der Waals surface area contributed by atoms with E-state index in [0.29, 0.717) is 47.1 Å². The van der Waals surface area contributed by atoms with Gasteiger partial charge in [-0.2, -0.15) is 0 Å². The van der Waals surface area contributed by atoms with Crippen molar-refractivity contribution >= 4 is 33.9 Å². The Balaban J connectivity index is 1.90. The number of rotatable bonds is 7. The zero-order chi connectivity index (χ0) is 22.0. The molecular formula is C24H27N5O2. The molecule has 1 amide bonds. The lowest BCUT2D eigenvalue weighted by molar-refractivity contribution is 0.0939. The Kier molecular flexibility index (Phi) is 5.86. The number of nitrogens with zero attached hydrogens (tertiary/aromatic N) is 3. The van der Waals surface area contributed by atoms with E-state index >= 15 is 0 Å². The van der Waals surface area contributed by atoms with Gasteiger partial charge in [-0.25, -0.2) is 9.97 Å². The third kappa shape index (κ3) is 3.84. The van der Waals surface area contributed by atoms with Gasteiger partial charge in [-0.05, 0) is 42.2 Å². The first-order valence-corrected chi connectivity index (χ1v) is 10.5. The Hall–Kier alpha value is -3.45. The number of hydrogen-bond acceptors (Lipinski definition) is 5. The normalized spacial score (nSPS) is 12.4. The largest absolute Gasteiger partial charge is 0.384 e. The van der Waals surface area contributed by atoms with Gasteiger partial charge in [0.05, 0.1) is 17.6 Å². The predicted octanol–water partition coefficient (Wildman–Crippen LogP) is 4.05. The van der Waals surface area contributed by atoms with Crippen LogP contribution in [0.4, 0.5) is 5.82 Å². The van der Waals surface area contributed by atoms with Crippen LogP contribution in [0.3, 0.4) is 0 Å². The highest BCUT2D eigenvalue weighted by Crippen LogP contribution is 2.31. The number of nitrogens with two attached hydrogens (primary N) is 1. The van der Waals surface area contributed by atoms with Crippen LogP contribution in [0, 0.1) is 0 Å². The van der Waals surface area contributed by atoms with Crippen LogP contribution in [-0.4, -0.2) is 40.7 Å². The van der Waals surface area contributed by atoms with Crippen molar-refractivity contribution in [2.45, 2.75) is 26.2 Å². The lowest BCUT2D eigenvalue weighted by atomic mass is 9.99. The second-order valence-corrected chi connectivity index (χ2v) is 7.63. The second kappa shape index (κ2) is 8.73. The number of nitrogen functional groups attached to an aromatic ring is 1. The molecule has 0 spiro atoms. The first kappa shape index (κ1) is 20.8. The molecule has 0 saturated carbocycles. The summed E-state index contributed by atoms with van der Waals surface area (Å²) in [4.78, 5) is 22.5. The van der Waals surface area contributed by atoms with Crippen molar-refractivity contribution in [2.24, 2.45) is 0 Å². The summed E-state index contributed by atoms with van der Waals surface area (Å²) >= 11 is 0. The van der Waals surface area contributed by atoms with E-state index in [9.17, 15) is 4.79 Å². The maximum absolute atomic E-state index is 13.0. The summed E-state index contributed by atoms with van der Waals surface area (Å²) in [5.74, 6) is 0.495. The average molecular weight is 418 g/mol. The molecule has 160 valence electrons. The molecule has 4 aromatic rings. The smallest absolute Gasteiger partial charge is 0.257 e. The van der Waals surface area contributed by atoms with Crippen LogP contribution in [0.25, 0.3) is 27.9 Å². The molecule has 7 heteroatoms.